The van der Waals surface area contributed by atoms with E-state index in [-0.39, 0.29) is 12.1 Å². The molecule has 126 valence electrons. The van der Waals surface area contributed by atoms with Crippen LogP contribution in [0.15, 0.2) is 0 Å². The highest BCUT2D eigenvalue weighted by atomic mass is 16.3. The summed E-state index contributed by atoms with van der Waals surface area (Å²) in [5.41, 5.74) is -0.123. The Hall–Kier alpha value is -0.160. The Balaban J connectivity index is 2.08. The topological polar surface area (TPSA) is 38.7 Å². The van der Waals surface area contributed by atoms with Crippen LogP contribution < -0.4 is 5.32 Å². The Morgan fingerprint density at radius 1 is 1.19 bits per heavy atom. The fourth-order valence-corrected chi connectivity index (χ4v) is 3.22. The van der Waals surface area contributed by atoms with Gasteiger partial charge in [-0.2, -0.15) is 0 Å². The molecule has 2 N–H and O–H groups in total. The molecule has 0 aromatic heterocycles. The standard InChI is InChI=1S/C17H37N3O/c1-16(2)18-17(3,15-21)9-5-6-10-19(4)13-14-20-11-7-8-12-20/h16,18,21H,5-15H2,1-4H3. The number of rotatable bonds is 11. The van der Waals surface area contributed by atoms with Crippen molar-refractivity contribution in [2.75, 3.05) is 46.4 Å². The smallest absolute Gasteiger partial charge is 0.0610 e. The van der Waals surface area contributed by atoms with Gasteiger partial charge in [0.1, 0.15) is 0 Å². The summed E-state index contributed by atoms with van der Waals surface area (Å²) in [6.07, 6.45) is 6.19. The fourth-order valence-electron chi connectivity index (χ4n) is 3.22. The summed E-state index contributed by atoms with van der Waals surface area (Å²) in [6.45, 7) is 12.8. The van der Waals surface area contributed by atoms with Crippen LogP contribution in [-0.2, 0) is 0 Å². The summed E-state index contributed by atoms with van der Waals surface area (Å²) in [7, 11) is 2.23. The van der Waals surface area contributed by atoms with E-state index in [2.05, 4.69) is 42.9 Å². The van der Waals surface area contributed by atoms with Gasteiger partial charge in [-0.15, -0.1) is 0 Å². The van der Waals surface area contributed by atoms with Crippen molar-refractivity contribution in [2.24, 2.45) is 0 Å². The molecule has 1 aliphatic rings. The van der Waals surface area contributed by atoms with Gasteiger partial charge in [-0.1, -0.05) is 20.3 Å². The average Bonchev–Trinajstić information content (AvgIpc) is 2.94. The maximum Gasteiger partial charge on any atom is 0.0610 e. The van der Waals surface area contributed by atoms with E-state index in [1.807, 2.05) is 0 Å². The molecule has 0 aliphatic carbocycles. The minimum absolute atomic E-state index is 0.123. The van der Waals surface area contributed by atoms with Gasteiger partial charge in [0.05, 0.1) is 6.61 Å². The minimum Gasteiger partial charge on any atom is -0.394 e. The molecule has 4 nitrogen and oxygen atoms in total. The molecule has 1 saturated heterocycles. The number of hydrogen-bond acceptors (Lipinski definition) is 4. The highest BCUT2D eigenvalue weighted by Gasteiger charge is 2.23. The van der Waals surface area contributed by atoms with Crippen LogP contribution in [0.25, 0.3) is 0 Å². The molecule has 1 atom stereocenters. The Kier molecular flexibility index (Phi) is 8.79. The third kappa shape index (κ3) is 8.15. The molecule has 0 radical (unpaired) electrons. The summed E-state index contributed by atoms with van der Waals surface area (Å²) in [4.78, 5) is 5.02. The highest BCUT2D eigenvalue weighted by molar-refractivity contribution is 4.83. The van der Waals surface area contributed by atoms with Crippen molar-refractivity contribution >= 4 is 0 Å². The van der Waals surface area contributed by atoms with Crippen molar-refractivity contribution in [2.45, 2.75) is 64.5 Å². The number of hydrogen-bond donors (Lipinski definition) is 2. The first-order valence-electron chi connectivity index (χ1n) is 8.75. The van der Waals surface area contributed by atoms with Gasteiger partial charge in [-0.25, -0.2) is 0 Å². The zero-order chi connectivity index (χ0) is 15.7. The molecule has 1 unspecified atom stereocenters. The number of aliphatic hydroxyl groups is 1. The normalized spacial score (nSPS) is 19.6. The molecule has 0 saturated carbocycles. The Morgan fingerprint density at radius 2 is 1.86 bits per heavy atom. The summed E-state index contributed by atoms with van der Waals surface area (Å²) in [6, 6.07) is 0.422. The fraction of sp³-hybridized carbons (Fsp3) is 1.00. The van der Waals surface area contributed by atoms with Gasteiger partial charge >= 0.3 is 0 Å². The van der Waals surface area contributed by atoms with Gasteiger partial charge in [-0.05, 0) is 59.3 Å². The molecule has 0 aromatic carbocycles. The first-order chi connectivity index (χ1) is 9.95. The van der Waals surface area contributed by atoms with Crippen LogP contribution in [0.4, 0.5) is 0 Å². The highest BCUT2D eigenvalue weighted by Crippen LogP contribution is 2.14. The number of likely N-dealkylation sites (tertiary alicyclic amines) is 1. The number of nitrogens with zero attached hydrogens (tertiary/aromatic N) is 2. The Labute approximate surface area is 131 Å². The molecule has 4 heteroatoms. The Bertz CT molecular complexity index is 267. The summed E-state index contributed by atoms with van der Waals surface area (Å²) in [5.74, 6) is 0. The van der Waals surface area contributed by atoms with E-state index in [1.54, 1.807) is 0 Å². The van der Waals surface area contributed by atoms with Crippen LogP contribution >= 0.6 is 0 Å². The van der Waals surface area contributed by atoms with Crippen LogP contribution in [0.3, 0.4) is 0 Å². The lowest BCUT2D eigenvalue weighted by molar-refractivity contribution is 0.152. The van der Waals surface area contributed by atoms with Crippen LogP contribution in [0.5, 0.6) is 0 Å². The van der Waals surface area contributed by atoms with E-state index in [9.17, 15) is 5.11 Å². The molecular weight excluding hydrogens is 262 g/mol. The average molecular weight is 300 g/mol. The largest absolute Gasteiger partial charge is 0.394 e. The number of likely N-dealkylation sites (N-methyl/N-ethyl adjacent to an activating group) is 1. The molecule has 0 spiro atoms. The van der Waals surface area contributed by atoms with Crippen molar-refractivity contribution in [3.63, 3.8) is 0 Å². The van der Waals surface area contributed by atoms with Crippen LogP contribution in [0.2, 0.25) is 0 Å². The van der Waals surface area contributed by atoms with Crippen LogP contribution in [-0.4, -0.2) is 72.9 Å². The summed E-state index contributed by atoms with van der Waals surface area (Å²) < 4.78 is 0. The molecule has 1 fully saturated rings. The van der Waals surface area contributed by atoms with Crippen molar-refractivity contribution < 1.29 is 5.11 Å². The van der Waals surface area contributed by atoms with Gasteiger partial charge in [-0.3, -0.25) is 0 Å². The van der Waals surface area contributed by atoms with E-state index in [1.165, 1.54) is 51.9 Å². The molecule has 21 heavy (non-hydrogen) atoms. The zero-order valence-electron chi connectivity index (χ0n) is 14.7. The van der Waals surface area contributed by atoms with Gasteiger partial charge in [0, 0.05) is 24.7 Å². The minimum atomic E-state index is -0.123. The molecule has 1 aliphatic heterocycles. The van der Waals surface area contributed by atoms with Crippen molar-refractivity contribution in [1.29, 1.82) is 0 Å². The van der Waals surface area contributed by atoms with Gasteiger partial charge in [0.25, 0.3) is 0 Å². The van der Waals surface area contributed by atoms with E-state index in [4.69, 9.17) is 0 Å². The van der Waals surface area contributed by atoms with Gasteiger partial charge < -0.3 is 20.2 Å². The molecule has 1 heterocycles. The maximum absolute atomic E-state index is 9.57. The van der Waals surface area contributed by atoms with Crippen molar-refractivity contribution in [3.05, 3.63) is 0 Å². The first kappa shape index (κ1) is 18.9. The third-order valence-corrected chi connectivity index (χ3v) is 4.50. The monoisotopic (exact) mass is 299 g/mol. The molecular formula is C17H37N3O. The molecule has 1 rings (SSSR count). The van der Waals surface area contributed by atoms with Crippen molar-refractivity contribution in [3.8, 4) is 0 Å². The van der Waals surface area contributed by atoms with Gasteiger partial charge in [0.2, 0.25) is 0 Å². The van der Waals surface area contributed by atoms with Gasteiger partial charge in [0.15, 0.2) is 0 Å². The van der Waals surface area contributed by atoms with Crippen LogP contribution in [0, 0.1) is 0 Å². The number of aliphatic hydroxyl groups excluding tert-OH is 1. The number of nitrogens with one attached hydrogen (secondary N) is 1. The zero-order valence-corrected chi connectivity index (χ0v) is 14.7. The second kappa shape index (κ2) is 9.78. The molecule has 0 bridgehead atoms. The lowest BCUT2D eigenvalue weighted by Crippen LogP contribution is -2.49. The molecule has 0 aromatic rings. The predicted molar refractivity (Wildman–Crippen MR) is 90.8 cm³/mol. The van der Waals surface area contributed by atoms with Crippen LogP contribution in [0.1, 0.15) is 52.9 Å². The van der Waals surface area contributed by atoms with E-state index >= 15 is 0 Å². The molecule has 0 amide bonds. The summed E-state index contributed by atoms with van der Waals surface area (Å²) >= 11 is 0. The lowest BCUT2D eigenvalue weighted by Gasteiger charge is -2.31. The van der Waals surface area contributed by atoms with E-state index in [0.29, 0.717) is 6.04 Å². The Morgan fingerprint density at radius 3 is 2.43 bits per heavy atom. The third-order valence-electron chi connectivity index (χ3n) is 4.50. The van der Waals surface area contributed by atoms with E-state index in [0.717, 1.165) is 13.0 Å². The summed E-state index contributed by atoms with van der Waals surface area (Å²) in [5, 5.41) is 13.1. The maximum atomic E-state index is 9.57. The second-order valence-corrected chi connectivity index (χ2v) is 7.33. The van der Waals surface area contributed by atoms with E-state index < -0.39 is 0 Å². The van der Waals surface area contributed by atoms with Crippen molar-refractivity contribution in [1.82, 2.24) is 15.1 Å². The first-order valence-corrected chi connectivity index (χ1v) is 8.75. The quantitative estimate of drug-likeness (QED) is 0.572. The predicted octanol–water partition coefficient (Wildman–Crippen LogP) is 1.93. The lowest BCUT2D eigenvalue weighted by atomic mass is 9.95. The second-order valence-electron chi connectivity index (χ2n) is 7.33. The SMILES string of the molecule is CC(C)NC(C)(CO)CCCCN(C)CCN1CCCC1. The number of unbranched alkanes of at least 4 members (excludes halogenated alkanes) is 1.